The molecular formula is C17H20N2OS. The first kappa shape index (κ1) is 13.3. The molecular weight excluding hydrogens is 280 g/mol. The van der Waals surface area contributed by atoms with Gasteiger partial charge in [-0.2, -0.15) is 0 Å². The molecule has 110 valence electrons. The fourth-order valence-corrected chi connectivity index (χ4v) is 4.22. The molecule has 0 saturated heterocycles. The summed E-state index contributed by atoms with van der Waals surface area (Å²) in [7, 11) is 0. The number of hydrogen-bond donors (Lipinski definition) is 2. The molecule has 1 aromatic heterocycles. The van der Waals surface area contributed by atoms with Crippen LogP contribution in [0.15, 0.2) is 24.3 Å². The van der Waals surface area contributed by atoms with Gasteiger partial charge in [0.15, 0.2) is 0 Å². The Balaban J connectivity index is 1.58. The Labute approximate surface area is 129 Å². The lowest BCUT2D eigenvalue weighted by Gasteiger charge is -2.21. The molecule has 4 heteroatoms. The molecule has 2 aliphatic carbocycles. The molecule has 2 N–H and O–H groups in total. The summed E-state index contributed by atoms with van der Waals surface area (Å²) >= 11 is 1.83. The van der Waals surface area contributed by atoms with Crippen molar-refractivity contribution < 1.29 is 5.11 Å². The van der Waals surface area contributed by atoms with Crippen molar-refractivity contribution in [2.75, 3.05) is 6.54 Å². The Hall–Kier alpha value is -1.39. The summed E-state index contributed by atoms with van der Waals surface area (Å²) in [4.78, 5) is 6.39. The second kappa shape index (κ2) is 5.43. The molecule has 2 aliphatic rings. The Morgan fingerprint density at radius 2 is 2.00 bits per heavy atom. The van der Waals surface area contributed by atoms with Crippen LogP contribution in [0, 0.1) is 0 Å². The molecule has 1 unspecified atom stereocenters. The van der Waals surface area contributed by atoms with Crippen LogP contribution in [-0.2, 0) is 6.42 Å². The predicted octanol–water partition coefficient (Wildman–Crippen LogP) is 3.69. The van der Waals surface area contributed by atoms with Crippen LogP contribution in [0.3, 0.4) is 0 Å². The van der Waals surface area contributed by atoms with Crippen LogP contribution in [0.4, 0.5) is 0 Å². The van der Waals surface area contributed by atoms with E-state index in [9.17, 15) is 5.11 Å². The number of aromatic hydroxyl groups is 1. The smallest absolute Gasteiger partial charge is 0.123 e. The molecule has 0 spiro atoms. The zero-order valence-corrected chi connectivity index (χ0v) is 12.8. The van der Waals surface area contributed by atoms with Gasteiger partial charge >= 0.3 is 0 Å². The van der Waals surface area contributed by atoms with E-state index in [2.05, 4.69) is 5.32 Å². The Morgan fingerprint density at radius 3 is 2.76 bits per heavy atom. The lowest BCUT2D eigenvalue weighted by molar-refractivity contribution is 0.475. The third kappa shape index (κ3) is 2.83. The molecule has 1 fully saturated rings. The van der Waals surface area contributed by atoms with Gasteiger partial charge in [0, 0.05) is 28.9 Å². The van der Waals surface area contributed by atoms with E-state index in [-0.39, 0.29) is 0 Å². The number of fused-ring (bicyclic) bond motifs is 1. The van der Waals surface area contributed by atoms with Crippen LogP contribution in [-0.4, -0.2) is 22.7 Å². The Morgan fingerprint density at radius 1 is 1.19 bits per heavy atom. The molecule has 4 rings (SSSR count). The van der Waals surface area contributed by atoms with Gasteiger partial charge in [-0.05, 0) is 56.4 Å². The molecule has 0 bridgehead atoms. The summed E-state index contributed by atoms with van der Waals surface area (Å²) in [6.45, 7) is 1.08. The lowest BCUT2D eigenvalue weighted by Crippen LogP contribution is -2.25. The van der Waals surface area contributed by atoms with Gasteiger partial charge in [0.25, 0.3) is 0 Å². The van der Waals surface area contributed by atoms with Gasteiger partial charge < -0.3 is 10.4 Å². The van der Waals surface area contributed by atoms with Crippen molar-refractivity contribution in [3.05, 3.63) is 34.8 Å². The van der Waals surface area contributed by atoms with Crippen LogP contribution in [0.5, 0.6) is 5.75 Å². The zero-order chi connectivity index (χ0) is 14.2. The second-order valence-corrected chi connectivity index (χ2v) is 7.23. The van der Waals surface area contributed by atoms with Crippen molar-refractivity contribution in [3.8, 4) is 16.3 Å². The number of rotatable bonds is 4. The van der Waals surface area contributed by atoms with Gasteiger partial charge in [0.1, 0.15) is 10.8 Å². The van der Waals surface area contributed by atoms with E-state index in [1.165, 1.54) is 42.7 Å². The quantitative estimate of drug-likeness (QED) is 0.905. The van der Waals surface area contributed by atoms with Crippen molar-refractivity contribution in [2.45, 2.75) is 44.1 Å². The third-order valence-corrected chi connectivity index (χ3v) is 5.60. The van der Waals surface area contributed by atoms with Crippen LogP contribution in [0.1, 0.15) is 42.2 Å². The maximum Gasteiger partial charge on any atom is 0.123 e. The summed E-state index contributed by atoms with van der Waals surface area (Å²) < 4.78 is 0. The molecule has 0 radical (unpaired) electrons. The maximum atomic E-state index is 9.41. The summed E-state index contributed by atoms with van der Waals surface area (Å²) in [6, 6.07) is 8.16. The number of nitrogens with one attached hydrogen (secondary N) is 1. The summed E-state index contributed by atoms with van der Waals surface area (Å²) in [5, 5.41) is 14.2. The van der Waals surface area contributed by atoms with E-state index < -0.39 is 0 Å². The van der Waals surface area contributed by atoms with E-state index in [1.54, 1.807) is 12.1 Å². The normalized spacial score (nSPS) is 21.2. The monoisotopic (exact) mass is 300 g/mol. The SMILES string of the molecule is Oc1ccc(-c2nc3c(s2)CCCC3CNC2CC2)cc1. The molecule has 3 nitrogen and oxygen atoms in total. The molecule has 21 heavy (non-hydrogen) atoms. The number of nitrogens with zero attached hydrogens (tertiary/aromatic N) is 1. The third-order valence-electron chi connectivity index (χ3n) is 4.42. The minimum Gasteiger partial charge on any atom is -0.508 e. The highest BCUT2D eigenvalue weighted by Crippen LogP contribution is 2.38. The number of thiazole rings is 1. The summed E-state index contributed by atoms with van der Waals surface area (Å²) in [5.41, 5.74) is 2.43. The molecule has 1 heterocycles. The van der Waals surface area contributed by atoms with Gasteiger partial charge in [-0.25, -0.2) is 4.98 Å². The van der Waals surface area contributed by atoms with E-state index in [1.807, 2.05) is 23.5 Å². The van der Waals surface area contributed by atoms with Crippen molar-refractivity contribution in [3.63, 3.8) is 0 Å². The first-order valence-corrected chi connectivity index (χ1v) is 8.63. The van der Waals surface area contributed by atoms with Gasteiger partial charge in [-0.3, -0.25) is 0 Å². The van der Waals surface area contributed by atoms with E-state index in [4.69, 9.17) is 4.98 Å². The second-order valence-electron chi connectivity index (χ2n) is 6.15. The average Bonchev–Trinajstić information content (AvgIpc) is 3.22. The molecule has 0 aliphatic heterocycles. The number of phenolic OH excluding ortho intramolecular Hbond substituents is 1. The highest BCUT2D eigenvalue weighted by atomic mass is 32.1. The van der Waals surface area contributed by atoms with Gasteiger partial charge in [0.2, 0.25) is 0 Å². The van der Waals surface area contributed by atoms with Crippen molar-refractivity contribution >= 4 is 11.3 Å². The fourth-order valence-electron chi connectivity index (χ4n) is 3.03. The standard InChI is InChI=1S/C17H20N2OS/c20-14-8-4-11(5-9-14)17-19-16-12(10-18-13-6-7-13)2-1-3-15(16)21-17/h4-5,8-9,12-13,18,20H,1-3,6-7,10H2. The van der Waals surface area contributed by atoms with Gasteiger partial charge in [-0.1, -0.05) is 0 Å². The van der Waals surface area contributed by atoms with Crippen molar-refractivity contribution in [1.29, 1.82) is 0 Å². The van der Waals surface area contributed by atoms with E-state index in [0.29, 0.717) is 11.7 Å². The largest absolute Gasteiger partial charge is 0.508 e. The van der Waals surface area contributed by atoms with Crippen LogP contribution in [0.25, 0.3) is 10.6 Å². The lowest BCUT2D eigenvalue weighted by atomic mass is 9.91. The molecule has 1 saturated carbocycles. The number of phenols is 1. The fraction of sp³-hybridized carbons (Fsp3) is 0.471. The molecule has 2 aromatic rings. The number of hydrogen-bond acceptors (Lipinski definition) is 4. The number of aromatic nitrogens is 1. The number of benzene rings is 1. The zero-order valence-electron chi connectivity index (χ0n) is 12.0. The minimum absolute atomic E-state index is 0.312. The van der Waals surface area contributed by atoms with Crippen molar-refractivity contribution in [2.24, 2.45) is 0 Å². The highest BCUT2D eigenvalue weighted by Gasteiger charge is 2.27. The van der Waals surface area contributed by atoms with Crippen LogP contribution < -0.4 is 5.32 Å². The molecule has 1 aromatic carbocycles. The summed E-state index contributed by atoms with van der Waals surface area (Å²) in [6.07, 6.45) is 6.39. The molecule has 0 amide bonds. The highest BCUT2D eigenvalue weighted by molar-refractivity contribution is 7.15. The number of aryl methyl sites for hydroxylation is 1. The summed E-state index contributed by atoms with van der Waals surface area (Å²) in [5.74, 6) is 0.892. The van der Waals surface area contributed by atoms with Gasteiger partial charge in [0.05, 0.1) is 5.69 Å². The maximum absolute atomic E-state index is 9.41. The predicted molar refractivity (Wildman–Crippen MR) is 85.9 cm³/mol. The van der Waals surface area contributed by atoms with E-state index in [0.717, 1.165) is 23.2 Å². The van der Waals surface area contributed by atoms with Gasteiger partial charge in [-0.15, -0.1) is 11.3 Å². The van der Waals surface area contributed by atoms with Crippen LogP contribution >= 0.6 is 11.3 Å². The Kier molecular flexibility index (Phi) is 3.43. The van der Waals surface area contributed by atoms with E-state index >= 15 is 0 Å². The molecule has 1 atom stereocenters. The first-order valence-electron chi connectivity index (χ1n) is 7.82. The van der Waals surface area contributed by atoms with Crippen molar-refractivity contribution in [1.82, 2.24) is 10.3 Å². The Bertz CT molecular complexity index is 631. The van der Waals surface area contributed by atoms with Crippen LogP contribution in [0.2, 0.25) is 0 Å². The average molecular weight is 300 g/mol. The first-order chi connectivity index (χ1) is 10.3. The topological polar surface area (TPSA) is 45.2 Å². The minimum atomic E-state index is 0.312.